The molecular formula is C26H23N5O4. The number of para-hydroxylation sites is 2. The molecule has 5 rings (SSSR count). The normalized spacial score (nSPS) is 18.7. The van der Waals surface area contributed by atoms with E-state index in [9.17, 15) is 14.9 Å². The molecule has 9 heteroatoms. The third kappa shape index (κ3) is 3.80. The van der Waals surface area contributed by atoms with Crippen molar-refractivity contribution in [2.45, 2.75) is 25.9 Å². The Balaban J connectivity index is 1.70. The van der Waals surface area contributed by atoms with Crippen LogP contribution < -0.4 is 9.91 Å². The molecular weight excluding hydrogens is 446 g/mol. The molecule has 35 heavy (non-hydrogen) atoms. The predicted molar refractivity (Wildman–Crippen MR) is 134 cm³/mol. The van der Waals surface area contributed by atoms with Crippen LogP contribution in [-0.2, 0) is 9.53 Å². The number of carbonyl (C=O) groups excluding carboxylic acids is 1. The SMILES string of the molecule is CCOC(=O)C1=NN(c2ccc([N+](=O)[O-])cc2)C2(C)CC(c3ccccc3)=Nc3ccccc3N12. The second-order valence-electron chi connectivity index (χ2n) is 8.37. The molecule has 0 spiro atoms. The standard InChI is InChI=1S/C26H23N5O4/c1-3-35-25(32)24-28-30(19-13-15-20(16-14-19)31(33)34)26(2)17-22(18-9-5-4-6-10-18)27-21-11-7-8-12-23(21)29(24)26/h4-16H,3,17H2,1-2H3. The van der Waals surface area contributed by atoms with Crippen molar-refractivity contribution in [1.82, 2.24) is 0 Å². The maximum absolute atomic E-state index is 13.1. The van der Waals surface area contributed by atoms with Crippen molar-refractivity contribution in [1.29, 1.82) is 0 Å². The monoisotopic (exact) mass is 469 g/mol. The summed E-state index contributed by atoms with van der Waals surface area (Å²) in [6.45, 7) is 3.92. The van der Waals surface area contributed by atoms with Gasteiger partial charge in [0.05, 0.1) is 34.3 Å². The molecule has 0 aromatic heterocycles. The first-order chi connectivity index (χ1) is 16.9. The molecule has 0 fully saturated rings. The third-order valence-corrected chi connectivity index (χ3v) is 6.10. The fourth-order valence-electron chi connectivity index (χ4n) is 4.52. The zero-order valence-electron chi connectivity index (χ0n) is 19.3. The lowest BCUT2D eigenvalue weighted by Crippen LogP contribution is -2.56. The molecule has 0 N–H and O–H groups in total. The summed E-state index contributed by atoms with van der Waals surface area (Å²) in [6, 6.07) is 23.6. The number of esters is 1. The van der Waals surface area contributed by atoms with Crippen molar-refractivity contribution in [2.75, 3.05) is 16.5 Å². The number of carbonyl (C=O) groups is 1. The lowest BCUT2D eigenvalue weighted by Gasteiger charge is -2.41. The Bertz CT molecular complexity index is 1350. The number of benzene rings is 3. The maximum atomic E-state index is 13.1. The number of hydrazone groups is 1. The number of nitrogens with zero attached hydrogens (tertiary/aromatic N) is 5. The topological polar surface area (TPSA) is 101 Å². The Morgan fingerprint density at radius 3 is 2.43 bits per heavy atom. The number of fused-ring (bicyclic) bond motifs is 3. The molecule has 1 unspecified atom stereocenters. The summed E-state index contributed by atoms with van der Waals surface area (Å²) in [4.78, 5) is 30.7. The van der Waals surface area contributed by atoms with Crippen LogP contribution in [-0.4, -0.2) is 34.7 Å². The molecule has 2 aliphatic heterocycles. The maximum Gasteiger partial charge on any atom is 0.376 e. The molecule has 2 aliphatic rings. The van der Waals surface area contributed by atoms with Crippen molar-refractivity contribution in [3.05, 3.63) is 94.5 Å². The molecule has 176 valence electrons. The molecule has 0 saturated carbocycles. The number of ether oxygens (including phenoxy) is 1. The van der Waals surface area contributed by atoms with E-state index in [1.165, 1.54) is 12.1 Å². The van der Waals surface area contributed by atoms with Crippen LogP contribution in [0.1, 0.15) is 25.8 Å². The van der Waals surface area contributed by atoms with Crippen LogP contribution in [0.3, 0.4) is 0 Å². The molecule has 0 amide bonds. The summed E-state index contributed by atoms with van der Waals surface area (Å²) >= 11 is 0. The Hall–Kier alpha value is -4.53. The number of rotatable bonds is 5. The number of non-ortho nitro benzene ring substituents is 1. The van der Waals surface area contributed by atoms with Crippen LogP contribution in [0.15, 0.2) is 89.0 Å². The van der Waals surface area contributed by atoms with E-state index >= 15 is 0 Å². The van der Waals surface area contributed by atoms with Crippen molar-refractivity contribution < 1.29 is 14.5 Å². The van der Waals surface area contributed by atoms with Crippen molar-refractivity contribution in [3.8, 4) is 0 Å². The van der Waals surface area contributed by atoms with Gasteiger partial charge in [0.15, 0.2) is 0 Å². The largest absolute Gasteiger partial charge is 0.460 e. The lowest BCUT2D eigenvalue weighted by atomic mass is 9.96. The summed E-state index contributed by atoms with van der Waals surface area (Å²) in [6.07, 6.45) is 0.412. The Morgan fingerprint density at radius 1 is 1.06 bits per heavy atom. The minimum Gasteiger partial charge on any atom is -0.460 e. The van der Waals surface area contributed by atoms with Gasteiger partial charge in [-0.05, 0) is 43.7 Å². The highest BCUT2D eigenvalue weighted by Gasteiger charge is 2.51. The second-order valence-corrected chi connectivity index (χ2v) is 8.37. The summed E-state index contributed by atoms with van der Waals surface area (Å²) in [5, 5.41) is 17.6. The minimum atomic E-state index is -0.889. The fourth-order valence-corrected chi connectivity index (χ4v) is 4.52. The van der Waals surface area contributed by atoms with E-state index in [1.54, 1.807) is 24.1 Å². The van der Waals surface area contributed by atoms with Gasteiger partial charge in [0.1, 0.15) is 5.66 Å². The van der Waals surface area contributed by atoms with Crippen LogP contribution in [0, 0.1) is 10.1 Å². The van der Waals surface area contributed by atoms with Crippen LogP contribution in [0.4, 0.5) is 22.7 Å². The summed E-state index contributed by atoms with van der Waals surface area (Å²) in [5.41, 5.74) is 2.90. The number of anilines is 2. The summed E-state index contributed by atoms with van der Waals surface area (Å²) < 4.78 is 5.36. The second kappa shape index (κ2) is 8.68. The van der Waals surface area contributed by atoms with Crippen molar-refractivity contribution >= 4 is 40.3 Å². The van der Waals surface area contributed by atoms with E-state index in [4.69, 9.17) is 14.8 Å². The van der Waals surface area contributed by atoms with Gasteiger partial charge in [0, 0.05) is 18.6 Å². The first-order valence-corrected chi connectivity index (χ1v) is 11.2. The first kappa shape index (κ1) is 22.3. The number of hydrogen-bond donors (Lipinski definition) is 0. The van der Waals surface area contributed by atoms with Crippen molar-refractivity contribution in [3.63, 3.8) is 0 Å². The number of nitro benzene ring substituents is 1. The molecule has 0 saturated heterocycles. The molecule has 0 radical (unpaired) electrons. The highest BCUT2D eigenvalue weighted by molar-refractivity contribution is 6.43. The molecule has 2 heterocycles. The quantitative estimate of drug-likeness (QED) is 0.295. The Morgan fingerprint density at radius 2 is 1.74 bits per heavy atom. The van der Waals surface area contributed by atoms with Crippen LogP contribution in [0.2, 0.25) is 0 Å². The molecule has 1 atom stereocenters. The average Bonchev–Trinajstić information content (AvgIpc) is 3.09. The van der Waals surface area contributed by atoms with Crippen LogP contribution >= 0.6 is 0 Å². The predicted octanol–water partition coefficient (Wildman–Crippen LogP) is 5.04. The Kier molecular flexibility index (Phi) is 5.52. The average molecular weight is 470 g/mol. The van der Waals surface area contributed by atoms with E-state index in [0.717, 1.165) is 17.0 Å². The number of amidine groups is 1. The van der Waals surface area contributed by atoms with Gasteiger partial charge in [-0.2, -0.15) is 0 Å². The Labute approximate surface area is 202 Å². The van der Waals surface area contributed by atoms with E-state index < -0.39 is 16.6 Å². The van der Waals surface area contributed by atoms with E-state index in [-0.39, 0.29) is 18.1 Å². The van der Waals surface area contributed by atoms with Gasteiger partial charge in [0.25, 0.3) is 5.69 Å². The minimum absolute atomic E-state index is 0.0256. The molecule has 0 bridgehead atoms. The number of nitro groups is 1. The van der Waals surface area contributed by atoms with Gasteiger partial charge in [-0.1, -0.05) is 42.5 Å². The fraction of sp³-hybridized carbons (Fsp3) is 0.192. The number of aliphatic imine (C=N–C) groups is 1. The van der Waals surface area contributed by atoms with Gasteiger partial charge >= 0.3 is 5.97 Å². The van der Waals surface area contributed by atoms with Crippen molar-refractivity contribution in [2.24, 2.45) is 10.1 Å². The zero-order chi connectivity index (χ0) is 24.6. The molecule has 3 aromatic rings. The smallest absolute Gasteiger partial charge is 0.376 e. The summed E-state index contributed by atoms with van der Waals surface area (Å²) in [5.74, 6) is -0.425. The molecule has 9 nitrogen and oxygen atoms in total. The first-order valence-electron chi connectivity index (χ1n) is 11.2. The van der Waals surface area contributed by atoms with Crippen LogP contribution in [0.5, 0.6) is 0 Å². The van der Waals surface area contributed by atoms with E-state index in [1.807, 2.05) is 66.4 Å². The van der Waals surface area contributed by atoms with Gasteiger partial charge in [-0.15, -0.1) is 5.10 Å². The van der Waals surface area contributed by atoms with Crippen LogP contribution in [0.25, 0.3) is 0 Å². The van der Waals surface area contributed by atoms with Gasteiger partial charge < -0.3 is 4.74 Å². The highest BCUT2D eigenvalue weighted by Crippen LogP contribution is 2.46. The summed E-state index contributed by atoms with van der Waals surface area (Å²) in [7, 11) is 0. The lowest BCUT2D eigenvalue weighted by molar-refractivity contribution is -0.384. The molecule has 0 aliphatic carbocycles. The van der Waals surface area contributed by atoms with Gasteiger partial charge in [-0.3, -0.25) is 20.0 Å². The number of hydrogen-bond acceptors (Lipinski definition) is 8. The van der Waals surface area contributed by atoms with E-state index in [2.05, 4.69) is 0 Å². The highest BCUT2D eigenvalue weighted by atomic mass is 16.6. The third-order valence-electron chi connectivity index (χ3n) is 6.10. The van der Waals surface area contributed by atoms with Gasteiger partial charge in [0.2, 0.25) is 5.84 Å². The van der Waals surface area contributed by atoms with E-state index in [0.29, 0.717) is 17.8 Å². The van der Waals surface area contributed by atoms with Gasteiger partial charge in [-0.25, -0.2) is 9.80 Å². The zero-order valence-corrected chi connectivity index (χ0v) is 19.3. The molecule has 3 aromatic carbocycles.